The number of carbonyl (C=O) groups excluding carboxylic acids is 1. The monoisotopic (exact) mass is 360 g/mol. The Morgan fingerprint density at radius 2 is 2.36 bits per heavy atom. The Hall–Kier alpha value is -1.63. The van der Waals surface area contributed by atoms with Crippen LogP contribution in [0.5, 0.6) is 0 Å². The molecular formula is C19H24N2O3S. The second-order valence-electron chi connectivity index (χ2n) is 6.95. The van der Waals surface area contributed by atoms with Gasteiger partial charge in [-0.25, -0.2) is 0 Å². The van der Waals surface area contributed by atoms with Gasteiger partial charge in [0.1, 0.15) is 5.76 Å². The van der Waals surface area contributed by atoms with Crippen molar-refractivity contribution in [2.45, 2.75) is 45.0 Å². The number of rotatable bonds is 5. The fraction of sp³-hybridized carbons (Fsp3) is 0.526. The summed E-state index contributed by atoms with van der Waals surface area (Å²) >= 11 is 1.80. The van der Waals surface area contributed by atoms with Crippen molar-refractivity contribution in [2.75, 3.05) is 13.2 Å². The largest absolute Gasteiger partial charge is 0.467 e. The van der Waals surface area contributed by atoms with Gasteiger partial charge in [0, 0.05) is 30.6 Å². The number of nitrogens with zero attached hydrogens (tertiary/aromatic N) is 1. The number of amides is 1. The average molecular weight is 360 g/mol. The number of likely N-dealkylation sites (tertiary alicyclic amines) is 1. The van der Waals surface area contributed by atoms with Crippen LogP contribution in [0.1, 0.15) is 29.0 Å². The van der Waals surface area contributed by atoms with Crippen molar-refractivity contribution in [1.29, 1.82) is 0 Å². The van der Waals surface area contributed by atoms with Gasteiger partial charge in [0.25, 0.3) is 0 Å². The van der Waals surface area contributed by atoms with Crippen LogP contribution in [0.15, 0.2) is 34.3 Å². The topological polar surface area (TPSA) is 54.7 Å². The Bertz CT molecular complexity index is 712. The number of aryl methyl sites for hydroxylation is 1. The highest BCUT2D eigenvalue weighted by Gasteiger charge is 2.42. The predicted molar refractivity (Wildman–Crippen MR) is 96.3 cm³/mol. The molecule has 5 nitrogen and oxygen atoms in total. The summed E-state index contributed by atoms with van der Waals surface area (Å²) in [6, 6.07) is 6.32. The molecule has 2 aromatic heterocycles. The van der Waals surface area contributed by atoms with E-state index >= 15 is 0 Å². The minimum atomic E-state index is -0.0328. The van der Waals surface area contributed by atoms with Crippen molar-refractivity contribution in [1.82, 2.24) is 10.2 Å². The predicted octanol–water partition coefficient (Wildman–Crippen LogP) is 2.95. The highest BCUT2D eigenvalue weighted by molar-refractivity contribution is 7.10. The average Bonchev–Trinajstić information content (AvgIpc) is 3.35. The summed E-state index contributed by atoms with van der Waals surface area (Å²) in [5.74, 6) is 0.845. The first-order valence-electron chi connectivity index (χ1n) is 8.89. The van der Waals surface area contributed by atoms with E-state index in [1.165, 1.54) is 10.4 Å². The summed E-state index contributed by atoms with van der Waals surface area (Å²) in [5.41, 5.74) is 1.34. The number of piperidine rings is 1. The molecule has 0 unspecified atom stereocenters. The summed E-state index contributed by atoms with van der Waals surface area (Å²) < 4.78 is 11.2. The highest BCUT2D eigenvalue weighted by Crippen LogP contribution is 2.33. The van der Waals surface area contributed by atoms with Crippen LogP contribution in [0, 0.1) is 12.8 Å². The number of carbonyl (C=O) groups is 1. The first-order chi connectivity index (χ1) is 12.2. The van der Waals surface area contributed by atoms with E-state index in [-0.39, 0.29) is 17.9 Å². The molecule has 2 saturated heterocycles. The van der Waals surface area contributed by atoms with Gasteiger partial charge in [-0.15, -0.1) is 11.3 Å². The molecule has 4 rings (SSSR count). The van der Waals surface area contributed by atoms with Crippen molar-refractivity contribution in [3.8, 4) is 0 Å². The summed E-state index contributed by atoms with van der Waals surface area (Å²) in [6.07, 6.45) is 3.68. The van der Waals surface area contributed by atoms with Crippen molar-refractivity contribution in [2.24, 2.45) is 5.92 Å². The van der Waals surface area contributed by atoms with E-state index in [4.69, 9.17) is 9.15 Å². The third-order valence-electron chi connectivity index (χ3n) is 5.32. The molecule has 2 fully saturated rings. The van der Waals surface area contributed by atoms with Gasteiger partial charge in [-0.05, 0) is 48.9 Å². The second kappa shape index (κ2) is 7.32. The van der Waals surface area contributed by atoms with Crippen LogP contribution < -0.4 is 5.32 Å². The van der Waals surface area contributed by atoms with E-state index < -0.39 is 0 Å². The molecule has 1 amide bonds. The van der Waals surface area contributed by atoms with Crippen LogP contribution in [0.3, 0.4) is 0 Å². The first kappa shape index (κ1) is 16.8. The molecule has 134 valence electrons. The molecule has 0 saturated carbocycles. The smallest absolute Gasteiger partial charge is 0.224 e. The van der Waals surface area contributed by atoms with Crippen LogP contribution in [-0.4, -0.2) is 36.1 Å². The van der Waals surface area contributed by atoms with Crippen molar-refractivity contribution < 1.29 is 13.9 Å². The van der Waals surface area contributed by atoms with Gasteiger partial charge >= 0.3 is 0 Å². The Balaban J connectivity index is 1.42. The summed E-state index contributed by atoms with van der Waals surface area (Å²) in [4.78, 5) is 16.5. The molecule has 0 spiro atoms. The maximum Gasteiger partial charge on any atom is 0.224 e. The fourth-order valence-corrected chi connectivity index (χ4v) is 4.84. The Labute approximate surface area is 152 Å². The van der Waals surface area contributed by atoms with Crippen LogP contribution in [-0.2, 0) is 22.6 Å². The van der Waals surface area contributed by atoms with E-state index in [2.05, 4.69) is 28.6 Å². The van der Waals surface area contributed by atoms with Gasteiger partial charge in [-0.2, -0.15) is 0 Å². The number of fused-ring (bicyclic) bond motifs is 1. The molecule has 1 N–H and O–H groups in total. The van der Waals surface area contributed by atoms with Gasteiger partial charge in [-0.1, -0.05) is 0 Å². The van der Waals surface area contributed by atoms with E-state index in [0.717, 1.165) is 38.3 Å². The van der Waals surface area contributed by atoms with Crippen LogP contribution in [0.25, 0.3) is 0 Å². The molecular weight excluding hydrogens is 336 g/mol. The minimum absolute atomic E-state index is 0.0328. The maximum absolute atomic E-state index is 12.7. The van der Waals surface area contributed by atoms with Crippen molar-refractivity contribution in [3.05, 3.63) is 46.0 Å². The van der Waals surface area contributed by atoms with E-state index in [0.29, 0.717) is 12.6 Å². The zero-order chi connectivity index (χ0) is 17.2. The molecule has 4 heterocycles. The van der Waals surface area contributed by atoms with Crippen molar-refractivity contribution in [3.63, 3.8) is 0 Å². The molecule has 2 aliphatic rings. The van der Waals surface area contributed by atoms with Crippen molar-refractivity contribution >= 4 is 17.2 Å². The van der Waals surface area contributed by atoms with E-state index in [1.807, 2.05) is 12.1 Å². The lowest BCUT2D eigenvalue weighted by Gasteiger charge is -2.40. The summed E-state index contributed by atoms with van der Waals surface area (Å²) in [7, 11) is 0. The molecule has 0 aromatic carbocycles. The van der Waals surface area contributed by atoms with Crippen LogP contribution in [0.4, 0.5) is 0 Å². The zero-order valence-electron chi connectivity index (χ0n) is 14.4. The lowest BCUT2D eigenvalue weighted by atomic mass is 9.89. The normalized spacial score (nSPS) is 26.5. The Morgan fingerprint density at radius 1 is 1.44 bits per heavy atom. The van der Waals surface area contributed by atoms with Gasteiger partial charge in [0.05, 0.1) is 24.8 Å². The molecule has 0 radical (unpaired) electrons. The standard InChI is InChI=1S/C19H24N2O3S/c1-13-5-8-25-18(13)12-21-11-14(9-17-16(21)4-7-24-17)19(22)20-10-15-3-2-6-23-15/h2-3,5-6,8,14,16-17H,4,7,9-12H2,1H3,(H,20,22)/t14-,16+,17+/m0/s1. The quantitative estimate of drug-likeness (QED) is 0.891. The number of ether oxygens (including phenoxy) is 1. The van der Waals surface area contributed by atoms with Gasteiger partial charge in [0.15, 0.2) is 0 Å². The lowest BCUT2D eigenvalue weighted by molar-refractivity contribution is -0.130. The van der Waals surface area contributed by atoms with E-state index in [1.54, 1.807) is 17.6 Å². The minimum Gasteiger partial charge on any atom is -0.467 e. The third kappa shape index (κ3) is 3.66. The third-order valence-corrected chi connectivity index (χ3v) is 6.33. The number of hydrogen-bond donors (Lipinski definition) is 1. The summed E-state index contributed by atoms with van der Waals surface area (Å²) in [6.45, 7) is 5.12. The number of furan rings is 1. The lowest BCUT2D eigenvalue weighted by Crippen LogP contribution is -2.52. The number of thiophene rings is 1. The molecule has 0 aliphatic carbocycles. The van der Waals surface area contributed by atoms with Gasteiger partial charge in [-0.3, -0.25) is 9.69 Å². The second-order valence-corrected chi connectivity index (χ2v) is 7.95. The molecule has 3 atom stereocenters. The Kier molecular flexibility index (Phi) is 4.92. The molecule has 2 aromatic rings. The fourth-order valence-electron chi connectivity index (χ4n) is 3.91. The number of hydrogen-bond acceptors (Lipinski definition) is 5. The van der Waals surface area contributed by atoms with E-state index in [9.17, 15) is 4.79 Å². The Morgan fingerprint density at radius 3 is 3.12 bits per heavy atom. The highest BCUT2D eigenvalue weighted by atomic mass is 32.1. The number of nitrogens with one attached hydrogen (secondary N) is 1. The molecule has 2 aliphatic heterocycles. The zero-order valence-corrected chi connectivity index (χ0v) is 15.3. The molecule has 25 heavy (non-hydrogen) atoms. The van der Waals surface area contributed by atoms with Gasteiger partial charge < -0.3 is 14.5 Å². The maximum atomic E-state index is 12.7. The molecule has 0 bridgehead atoms. The first-order valence-corrected chi connectivity index (χ1v) is 9.77. The van der Waals surface area contributed by atoms with Crippen LogP contribution in [0.2, 0.25) is 0 Å². The SMILES string of the molecule is Cc1ccsc1CN1C[C@@H](C(=O)NCc2ccco2)C[C@H]2OCC[C@H]21. The molecule has 6 heteroatoms. The van der Waals surface area contributed by atoms with Gasteiger partial charge in [0.2, 0.25) is 5.91 Å². The summed E-state index contributed by atoms with van der Waals surface area (Å²) in [5, 5.41) is 5.16. The van der Waals surface area contributed by atoms with Crippen LogP contribution >= 0.6 is 11.3 Å².